The summed E-state index contributed by atoms with van der Waals surface area (Å²) in [7, 11) is -3.79. The van der Waals surface area contributed by atoms with E-state index in [1.165, 1.54) is 4.90 Å². The molecule has 0 unspecified atom stereocenters. The third kappa shape index (κ3) is 8.12. The first-order valence-corrected chi connectivity index (χ1v) is 14.0. The van der Waals surface area contributed by atoms with E-state index in [1.54, 1.807) is 37.3 Å². The number of nitrogens with one attached hydrogen (secondary N) is 1. The first kappa shape index (κ1) is 28.9. The van der Waals surface area contributed by atoms with Crippen LogP contribution in [0.25, 0.3) is 0 Å². The smallest absolute Gasteiger partial charge is 0.244 e. The van der Waals surface area contributed by atoms with E-state index in [-0.39, 0.29) is 12.5 Å². The highest BCUT2D eigenvalue weighted by Gasteiger charge is 2.32. The Hall–Kier alpha value is -2.29. The van der Waals surface area contributed by atoms with E-state index in [2.05, 4.69) is 5.32 Å². The first-order chi connectivity index (χ1) is 16.4. The van der Waals surface area contributed by atoms with Crippen molar-refractivity contribution in [3.8, 4) is 0 Å². The summed E-state index contributed by atoms with van der Waals surface area (Å²) < 4.78 is 26.5. The predicted octanol–water partition coefficient (Wildman–Crippen LogP) is 4.71. The number of benzene rings is 2. The second-order valence-corrected chi connectivity index (χ2v) is 11.3. The Morgan fingerprint density at radius 3 is 2.17 bits per heavy atom. The topological polar surface area (TPSA) is 86.8 Å². The van der Waals surface area contributed by atoms with Gasteiger partial charge in [-0.25, -0.2) is 8.42 Å². The Balaban J connectivity index is 2.49. The molecule has 1 N–H and O–H groups in total. The van der Waals surface area contributed by atoms with Gasteiger partial charge in [-0.1, -0.05) is 49.2 Å². The van der Waals surface area contributed by atoms with Crippen LogP contribution in [0.2, 0.25) is 10.0 Å². The maximum Gasteiger partial charge on any atom is 0.244 e. The van der Waals surface area contributed by atoms with Gasteiger partial charge in [-0.05, 0) is 67.6 Å². The molecule has 35 heavy (non-hydrogen) atoms. The summed E-state index contributed by atoms with van der Waals surface area (Å²) in [5, 5.41) is 3.64. The molecule has 0 aliphatic rings. The number of amides is 2. The molecule has 2 rings (SSSR count). The average Bonchev–Trinajstić information content (AvgIpc) is 2.75. The molecule has 7 nitrogen and oxygen atoms in total. The standard InChI is InChI=1S/C25H33Cl2N3O4S/c1-6-10-28-25(32)23(7-2)29(15-19-8-9-20(26)14-22(19)27)24(31)16-30(35(5,33)34)21-12-17(3)11-18(4)13-21/h8-9,11-14,23H,6-7,10,15-16H2,1-5H3,(H,28,32)/t23-/m1/s1. The molecule has 2 amide bonds. The second-order valence-electron chi connectivity index (χ2n) is 8.59. The van der Waals surface area contributed by atoms with E-state index in [4.69, 9.17) is 23.2 Å². The van der Waals surface area contributed by atoms with Crippen LogP contribution in [0.5, 0.6) is 0 Å². The number of halogens is 2. The Morgan fingerprint density at radius 2 is 1.66 bits per heavy atom. The Morgan fingerprint density at radius 1 is 1.03 bits per heavy atom. The summed E-state index contributed by atoms with van der Waals surface area (Å²) in [6, 6.07) is 9.46. The Bertz CT molecular complexity index is 1150. The third-order valence-corrected chi connectivity index (χ3v) is 7.19. The van der Waals surface area contributed by atoms with Gasteiger partial charge in [0.25, 0.3) is 0 Å². The predicted molar refractivity (Wildman–Crippen MR) is 142 cm³/mol. The molecule has 0 radical (unpaired) electrons. The van der Waals surface area contributed by atoms with E-state index in [9.17, 15) is 18.0 Å². The van der Waals surface area contributed by atoms with Gasteiger partial charge in [0, 0.05) is 23.1 Å². The molecule has 0 saturated heterocycles. The van der Waals surface area contributed by atoms with Gasteiger partial charge in [0.15, 0.2) is 0 Å². The van der Waals surface area contributed by atoms with Gasteiger partial charge in [-0.3, -0.25) is 13.9 Å². The summed E-state index contributed by atoms with van der Waals surface area (Å²) >= 11 is 12.4. The van der Waals surface area contributed by atoms with Gasteiger partial charge < -0.3 is 10.2 Å². The Kier molecular flexibility index (Phi) is 10.4. The number of carbonyl (C=O) groups is 2. The lowest BCUT2D eigenvalue weighted by atomic mass is 10.1. The van der Waals surface area contributed by atoms with E-state index in [0.717, 1.165) is 28.1 Å². The highest BCUT2D eigenvalue weighted by atomic mass is 35.5. The van der Waals surface area contributed by atoms with Crippen LogP contribution in [0, 0.1) is 13.8 Å². The zero-order chi connectivity index (χ0) is 26.3. The van der Waals surface area contributed by atoms with Crippen LogP contribution in [-0.4, -0.2) is 50.5 Å². The van der Waals surface area contributed by atoms with Crippen LogP contribution in [0.15, 0.2) is 36.4 Å². The van der Waals surface area contributed by atoms with Gasteiger partial charge >= 0.3 is 0 Å². The number of aryl methyl sites for hydroxylation is 2. The fourth-order valence-corrected chi connectivity index (χ4v) is 5.13. The Labute approximate surface area is 218 Å². The van der Waals surface area contributed by atoms with Gasteiger partial charge in [0.05, 0.1) is 11.9 Å². The molecule has 0 bridgehead atoms. The van der Waals surface area contributed by atoms with E-state index in [0.29, 0.717) is 34.3 Å². The number of nitrogens with zero attached hydrogens (tertiary/aromatic N) is 2. The summed E-state index contributed by atoms with van der Waals surface area (Å²) in [6.45, 7) is 7.50. The van der Waals surface area contributed by atoms with Crippen molar-refractivity contribution in [2.75, 3.05) is 23.7 Å². The fourth-order valence-electron chi connectivity index (χ4n) is 3.83. The summed E-state index contributed by atoms with van der Waals surface area (Å²) in [5.41, 5.74) is 2.74. The molecule has 0 spiro atoms. The molecular weight excluding hydrogens is 509 g/mol. The number of anilines is 1. The number of carbonyl (C=O) groups excluding carboxylic acids is 2. The van der Waals surface area contributed by atoms with Gasteiger partial charge in [0.1, 0.15) is 12.6 Å². The molecule has 0 aliphatic carbocycles. The van der Waals surface area contributed by atoms with Gasteiger partial charge in [-0.2, -0.15) is 0 Å². The summed E-state index contributed by atoms with van der Waals surface area (Å²) in [6.07, 6.45) is 2.15. The second kappa shape index (κ2) is 12.6. The minimum absolute atomic E-state index is 0.0251. The van der Waals surface area contributed by atoms with Gasteiger partial charge in [0.2, 0.25) is 21.8 Å². The molecule has 0 aliphatic heterocycles. The maximum atomic E-state index is 13.7. The van der Waals surface area contributed by atoms with Crippen molar-refractivity contribution in [1.82, 2.24) is 10.2 Å². The van der Waals surface area contributed by atoms with Crippen molar-refractivity contribution < 1.29 is 18.0 Å². The third-order valence-electron chi connectivity index (χ3n) is 5.46. The lowest BCUT2D eigenvalue weighted by molar-refractivity contribution is -0.140. The quantitative estimate of drug-likeness (QED) is 0.446. The van der Waals surface area contributed by atoms with Crippen LogP contribution < -0.4 is 9.62 Å². The zero-order valence-corrected chi connectivity index (χ0v) is 23.1. The van der Waals surface area contributed by atoms with Crippen LogP contribution in [0.4, 0.5) is 5.69 Å². The molecule has 1 atom stereocenters. The zero-order valence-electron chi connectivity index (χ0n) is 20.8. The minimum atomic E-state index is -3.79. The number of rotatable bonds is 11. The number of sulfonamides is 1. The van der Waals surface area contributed by atoms with Crippen LogP contribution in [-0.2, 0) is 26.2 Å². The molecule has 0 saturated carbocycles. The van der Waals surface area contributed by atoms with Gasteiger partial charge in [-0.15, -0.1) is 0 Å². The van der Waals surface area contributed by atoms with Crippen molar-refractivity contribution in [3.05, 3.63) is 63.1 Å². The molecule has 192 valence electrons. The lowest BCUT2D eigenvalue weighted by Gasteiger charge is -2.33. The maximum absolute atomic E-state index is 13.7. The van der Waals surface area contributed by atoms with Crippen LogP contribution in [0.1, 0.15) is 43.4 Å². The number of hydrogen-bond acceptors (Lipinski definition) is 4. The monoisotopic (exact) mass is 541 g/mol. The first-order valence-electron chi connectivity index (χ1n) is 11.4. The molecule has 0 fully saturated rings. The van der Waals surface area contributed by atoms with Crippen molar-refractivity contribution in [2.45, 2.75) is 53.1 Å². The molecule has 0 heterocycles. The van der Waals surface area contributed by atoms with E-state index in [1.807, 2.05) is 26.8 Å². The summed E-state index contributed by atoms with van der Waals surface area (Å²) in [5.74, 6) is -0.816. The SMILES string of the molecule is CCCNC(=O)[C@@H](CC)N(Cc1ccc(Cl)cc1Cl)C(=O)CN(c1cc(C)cc(C)c1)S(C)(=O)=O. The van der Waals surface area contributed by atoms with Crippen LogP contribution in [0.3, 0.4) is 0 Å². The fraction of sp³-hybridized carbons (Fsp3) is 0.440. The normalized spacial score (nSPS) is 12.2. The number of hydrogen-bond donors (Lipinski definition) is 1. The molecule has 2 aromatic rings. The molecular formula is C25H33Cl2N3O4S. The molecule has 10 heteroatoms. The molecule has 2 aromatic carbocycles. The van der Waals surface area contributed by atoms with E-state index >= 15 is 0 Å². The molecule has 0 aromatic heterocycles. The van der Waals surface area contributed by atoms with Crippen molar-refractivity contribution >= 4 is 50.7 Å². The minimum Gasteiger partial charge on any atom is -0.354 e. The largest absolute Gasteiger partial charge is 0.354 e. The van der Waals surface area contributed by atoms with Crippen molar-refractivity contribution in [3.63, 3.8) is 0 Å². The van der Waals surface area contributed by atoms with Crippen molar-refractivity contribution in [1.29, 1.82) is 0 Å². The highest BCUT2D eigenvalue weighted by molar-refractivity contribution is 7.92. The highest BCUT2D eigenvalue weighted by Crippen LogP contribution is 2.25. The summed E-state index contributed by atoms with van der Waals surface area (Å²) in [4.78, 5) is 28.0. The van der Waals surface area contributed by atoms with E-state index < -0.39 is 28.5 Å². The average molecular weight is 543 g/mol. The lowest BCUT2D eigenvalue weighted by Crippen LogP contribution is -2.52. The van der Waals surface area contributed by atoms with Crippen molar-refractivity contribution in [2.24, 2.45) is 0 Å². The van der Waals surface area contributed by atoms with Crippen LogP contribution >= 0.6 is 23.2 Å².